The van der Waals surface area contributed by atoms with Gasteiger partial charge in [-0.05, 0) is 24.5 Å². The predicted molar refractivity (Wildman–Crippen MR) is 38.8 cm³/mol. The van der Waals surface area contributed by atoms with Crippen LogP contribution in [0.2, 0.25) is 0 Å². The minimum absolute atomic E-state index is 0.161. The molecule has 0 atom stereocenters. The van der Waals surface area contributed by atoms with E-state index in [1.807, 2.05) is 0 Å². The van der Waals surface area contributed by atoms with Crippen LogP contribution < -0.4 is 0 Å². The fourth-order valence-corrected chi connectivity index (χ4v) is 1.32. The van der Waals surface area contributed by atoms with Crippen molar-refractivity contribution in [3.05, 3.63) is 17.2 Å². The fourth-order valence-electron chi connectivity index (χ4n) is 1.32. The van der Waals surface area contributed by atoms with Crippen molar-refractivity contribution in [1.82, 2.24) is 0 Å². The third kappa shape index (κ3) is 0.677. The van der Waals surface area contributed by atoms with Gasteiger partial charge in [0, 0.05) is 5.56 Å². The van der Waals surface area contributed by atoms with Crippen molar-refractivity contribution in [3.63, 3.8) is 0 Å². The van der Waals surface area contributed by atoms with Crippen LogP contribution in [0.1, 0.15) is 11.1 Å². The zero-order chi connectivity index (χ0) is 8.01. The normalized spacial score (nSPS) is 13.8. The lowest BCUT2D eigenvalue weighted by Crippen LogP contribution is -2.07. The van der Waals surface area contributed by atoms with Gasteiger partial charge in [0.2, 0.25) is 5.75 Å². The van der Waals surface area contributed by atoms with Gasteiger partial charge in [0.15, 0.2) is 11.5 Å². The highest BCUT2D eigenvalue weighted by Crippen LogP contribution is 2.43. The maximum absolute atomic E-state index is 9.21. The van der Waals surface area contributed by atoms with Crippen LogP contribution in [0.4, 0.5) is 0 Å². The summed E-state index contributed by atoms with van der Waals surface area (Å²) in [6.45, 7) is 0. The molecule has 1 aromatic rings. The minimum Gasteiger partial charge on any atom is -0.504 e. The quantitative estimate of drug-likeness (QED) is 0.484. The third-order valence-electron chi connectivity index (χ3n) is 2.10. The van der Waals surface area contributed by atoms with Crippen molar-refractivity contribution in [2.24, 2.45) is 0 Å². The molecule has 0 saturated heterocycles. The topological polar surface area (TPSA) is 60.7 Å². The molecule has 2 rings (SSSR count). The second-order valence-electron chi connectivity index (χ2n) is 2.73. The van der Waals surface area contributed by atoms with Crippen LogP contribution in [-0.4, -0.2) is 15.3 Å². The average molecular weight is 152 g/mol. The molecule has 0 saturated carbocycles. The van der Waals surface area contributed by atoms with E-state index in [0.717, 1.165) is 24.0 Å². The Morgan fingerprint density at radius 3 is 2.27 bits per heavy atom. The summed E-state index contributed by atoms with van der Waals surface area (Å²) in [5, 5.41) is 27.3. The van der Waals surface area contributed by atoms with Gasteiger partial charge >= 0.3 is 0 Å². The molecule has 0 heterocycles. The molecule has 3 nitrogen and oxygen atoms in total. The molecule has 1 aliphatic carbocycles. The summed E-state index contributed by atoms with van der Waals surface area (Å²) in [5.41, 5.74) is 1.69. The van der Waals surface area contributed by atoms with Gasteiger partial charge in [0.25, 0.3) is 0 Å². The van der Waals surface area contributed by atoms with E-state index >= 15 is 0 Å². The van der Waals surface area contributed by atoms with Crippen molar-refractivity contribution in [2.45, 2.75) is 12.8 Å². The summed E-state index contributed by atoms with van der Waals surface area (Å²) < 4.78 is 0. The number of phenols is 3. The van der Waals surface area contributed by atoms with Crippen LogP contribution in [0.25, 0.3) is 0 Å². The molecule has 58 valence electrons. The van der Waals surface area contributed by atoms with Crippen LogP contribution in [0.3, 0.4) is 0 Å². The van der Waals surface area contributed by atoms with Crippen molar-refractivity contribution in [3.8, 4) is 17.2 Å². The molecule has 0 bridgehead atoms. The first-order valence-corrected chi connectivity index (χ1v) is 3.46. The van der Waals surface area contributed by atoms with Crippen LogP contribution in [0.15, 0.2) is 6.07 Å². The van der Waals surface area contributed by atoms with E-state index in [2.05, 4.69) is 0 Å². The number of hydrogen-bond acceptors (Lipinski definition) is 3. The summed E-state index contributed by atoms with van der Waals surface area (Å²) in [4.78, 5) is 0. The van der Waals surface area contributed by atoms with Gasteiger partial charge in [-0.3, -0.25) is 0 Å². The van der Waals surface area contributed by atoms with E-state index in [-0.39, 0.29) is 11.5 Å². The molecule has 0 spiro atoms. The summed E-state index contributed by atoms with van der Waals surface area (Å²) in [6.07, 6.45) is 1.66. The molecule has 0 amide bonds. The molecule has 0 unspecified atom stereocenters. The first-order valence-electron chi connectivity index (χ1n) is 3.46. The molecular weight excluding hydrogens is 144 g/mol. The van der Waals surface area contributed by atoms with Crippen LogP contribution >= 0.6 is 0 Å². The number of benzene rings is 1. The highest BCUT2D eigenvalue weighted by Gasteiger charge is 2.22. The molecular formula is C8H8O3. The number of hydrogen-bond donors (Lipinski definition) is 3. The second-order valence-corrected chi connectivity index (χ2v) is 2.73. The van der Waals surface area contributed by atoms with Crippen LogP contribution in [0.5, 0.6) is 17.2 Å². The Balaban J connectivity index is 2.70. The highest BCUT2D eigenvalue weighted by molar-refractivity contribution is 5.59. The summed E-state index contributed by atoms with van der Waals surface area (Å²) in [7, 11) is 0. The summed E-state index contributed by atoms with van der Waals surface area (Å²) in [5.74, 6) is -0.796. The molecule has 0 aliphatic heterocycles. The lowest BCUT2D eigenvalue weighted by Gasteiger charge is -2.20. The number of aryl methyl sites for hydroxylation is 1. The lowest BCUT2D eigenvalue weighted by molar-refractivity contribution is 0.361. The largest absolute Gasteiger partial charge is 0.504 e. The van der Waals surface area contributed by atoms with Gasteiger partial charge in [0.05, 0.1) is 0 Å². The monoisotopic (exact) mass is 152 g/mol. The predicted octanol–water partition coefficient (Wildman–Crippen LogP) is 0.902. The molecule has 1 aromatic carbocycles. The number of rotatable bonds is 0. The first kappa shape index (κ1) is 6.34. The summed E-state index contributed by atoms with van der Waals surface area (Å²) in [6, 6.07) is 1.49. The lowest BCUT2D eigenvalue weighted by atomic mass is 9.87. The van der Waals surface area contributed by atoms with E-state index < -0.39 is 5.75 Å². The van der Waals surface area contributed by atoms with Gasteiger partial charge in [-0.2, -0.15) is 0 Å². The number of fused-ring (bicyclic) bond motifs is 1. The second kappa shape index (κ2) is 1.81. The van der Waals surface area contributed by atoms with Gasteiger partial charge in [-0.25, -0.2) is 0 Å². The van der Waals surface area contributed by atoms with E-state index in [1.54, 1.807) is 0 Å². The molecule has 0 fully saturated rings. The van der Waals surface area contributed by atoms with E-state index in [0.29, 0.717) is 0 Å². The molecule has 0 radical (unpaired) electrons. The Labute approximate surface area is 63.5 Å². The number of phenolic OH excluding ortho intramolecular Hbond substituents is 3. The Hall–Kier alpha value is -1.38. The zero-order valence-corrected chi connectivity index (χ0v) is 5.83. The van der Waals surface area contributed by atoms with Gasteiger partial charge < -0.3 is 15.3 Å². The van der Waals surface area contributed by atoms with Crippen molar-refractivity contribution >= 4 is 0 Å². The molecule has 3 N–H and O–H groups in total. The van der Waals surface area contributed by atoms with E-state index in [1.165, 1.54) is 6.07 Å². The highest BCUT2D eigenvalue weighted by atomic mass is 16.3. The fraction of sp³-hybridized carbons (Fsp3) is 0.250. The minimum atomic E-state index is -0.400. The number of aromatic hydroxyl groups is 3. The SMILES string of the molecule is Oc1cc2c(c(O)c1O)CC2. The Kier molecular flexibility index (Phi) is 1.04. The maximum atomic E-state index is 9.21. The smallest absolute Gasteiger partial charge is 0.200 e. The Morgan fingerprint density at radius 1 is 1.00 bits per heavy atom. The van der Waals surface area contributed by atoms with Crippen LogP contribution in [-0.2, 0) is 12.8 Å². The Bertz CT molecular complexity index is 303. The van der Waals surface area contributed by atoms with Gasteiger partial charge in [0.1, 0.15) is 0 Å². The molecule has 3 heteroatoms. The van der Waals surface area contributed by atoms with E-state index in [4.69, 9.17) is 10.2 Å². The molecule has 1 aliphatic rings. The standard InChI is InChI=1S/C8H8O3/c9-6-3-4-1-2-5(4)7(10)8(6)11/h3,9-11H,1-2H2. The van der Waals surface area contributed by atoms with Crippen LogP contribution in [0, 0.1) is 0 Å². The molecule has 0 aromatic heterocycles. The third-order valence-corrected chi connectivity index (χ3v) is 2.10. The average Bonchev–Trinajstić information content (AvgIpc) is 1.93. The van der Waals surface area contributed by atoms with Crippen molar-refractivity contribution in [1.29, 1.82) is 0 Å². The molecule has 11 heavy (non-hydrogen) atoms. The van der Waals surface area contributed by atoms with Crippen molar-refractivity contribution in [2.75, 3.05) is 0 Å². The van der Waals surface area contributed by atoms with Gasteiger partial charge in [-0.15, -0.1) is 0 Å². The Morgan fingerprint density at radius 2 is 1.73 bits per heavy atom. The maximum Gasteiger partial charge on any atom is 0.200 e. The summed E-state index contributed by atoms with van der Waals surface area (Å²) >= 11 is 0. The zero-order valence-electron chi connectivity index (χ0n) is 5.83. The van der Waals surface area contributed by atoms with Crippen molar-refractivity contribution < 1.29 is 15.3 Å². The van der Waals surface area contributed by atoms with Gasteiger partial charge in [-0.1, -0.05) is 0 Å². The van der Waals surface area contributed by atoms with E-state index in [9.17, 15) is 5.11 Å². The first-order chi connectivity index (χ1) is 5.20.